The number of benzene rings is 1. The maximum Gasteiger partial charge on any atom is 0.422 e. The predicted molar refractivity (Wildman–Crippen MR) is 124 cm³/mol. The Bertz CT molecular complexity index is 680. The second-order valence-corrected chi connectivity index (χ2v) is 7.51. The van der Waals surface area contributed by atoms with Gasteiger partial charge in [-0.25, -0.2) is 4.99 Å². The lowest BCUT2D eigenvalue weighted by atomic mass is 10.0. The highest BCUT2D eigenvalue weighted by Crippen LogP contribution is 2.48. The molecule has 0 bridgehead atoms. The summed E-state index contributed by atoms with van der Waals surface area (Å²) in [6, 6.07) is 5.22. The third kappa shape index (κ3) is 9.72. The zero-order valence-corrected chi connectivity index (χ0v) is 20.2. The molecule has 1 fully saturated rings. The number of nitrogens with zero attached hydrogens (tertiary/aromatic N) is 1. The first-order chi connectivity index (χ1) is 13.8. The Labute approximate surface area is 194 Å². The average Bonchev–Trinajstić information content (AvgIpc) is 3.43. The van der Waals surface area contributed by atoms with Gasteiger partial charge in [-0.2, -0.15) is 13.2 Å². The first-order valence-corrected chi connectivity index (χ1v) is 10.2. The van der Waals surface area contributed by atoms with E-state index in [2.05, 4.69) is 15.6 Å². The Morgan fingerprint density at radius 2 is 1.93 bits per heavy atom. The molecular weight excluding hydrogens is 510 g/mol. The molecule has 5 nitrogen and oxygen atoms in total. The number of rotatable bonds is 11. The van der Waals surface area contributed by atoms with Crippen molar-refractivity contribution in [1.29, 1.82) is 0 Å². The number of hydrogen-bond acceptors (Lipinski definition) is 3. The van der Waals surface area contributed by atoms with Crippen LogP contribution >= 0.6 is 24.0 Å². The van der Waals surface area contributed by atoms with Crippen LogP contribution in [0.25, 0.3) is 0 Å². The van der Waals surface area contributed by atoms with Crippen molar-refractivity contribution in [2.75, 3.05) is 32.9 Å². The molecule has 2 rings (SSSR count). The molecule has 1 aromatic rings. The van der Waals surface area contributed by atoms with Crippen LogP contribution in [0.3, 0.4) is 0 Å². The molecule has 0 amide bonds. The van der Waals surface area contributed by atoms with E-state index >= 15 is 0 Å². The molecule has 1 saturated carbocycles. The van der Waals surface area contributed by atoms with Crippen molar-refractivity contribution in [2.24, 2.45) is 10.4 Å². The highest BCUT2D eigenvalue weighted by Gasteiger charge is 2.41. The van der Waals surface area contributed by atoms with Crippen LogP contribution in [0.4, 0.5) is 13.2 Å². The minimum atomic E-state index is -4.37. The maximum absolute atomic E-state index is 12.5. The molecule has 0 spiro atoms. The lowest BCUT2D eigenvalue weighted by Gasteiger charge is -2.19. The Balaban J connectivity index is 0.00000450. The summed E-state index contributed by atoms with van der Waals surface area (Å²) in [5.74, 6) is 0.870. The van der Waals surface area contributed by atoms with E-state index in [1.807, 2.05) is 26.8 Å². The van der Waals surface area contributed by atoms with E-state index in [9.17, 15) is 13.2 Å². The van der Waals surface area contributed by atoms with E-state index in [0.29, 0.717) is 18.1 Å². The molecule has 2 N–H and O–H groups in total. The van der Waals surface area contributed by atoms with Gasteiger partial charge in [0.1, 0.15) is 5.75 Å². The molecule has 0 aromatic heterocycles. The summed E-state index contributed by atoms with van der Waals surface area (Å²) in [6.45, 7) is 7.69. The molecular formula is C21H33F3IN3O2. The van der Waals surface area contributed by atoms with Crippen LogP contribution in [-0.4, -0.2) is 45.0 Å². The van der Waals surface area contributed by atoms with Crippen molar-refractivity contribution < 1.29 is 22.6 Å². The summed E-state index contributed by atoms with van der Waals surface area (Å²) in [4.78, 5) is 4.55. The van der Waals surface area contributed by atoms with Gasteiger partial charge < -0.3 is 20.1 Å². The molecule has 0 saturated heterocycles. The molecule has 0 heterocycles. The van der Waals surface area contributed by atoms with Gasteiger partial charge in [-0.3, -0.25) is 0 Å². The minimum absolute atomic E-state index is 0. The Hall–Kier alpha value is -1.23. The third-order valence-electron chi connectivity index (χ3n) is 4.93. The first-order valence-electron chi connectivity index (χ1n) is 10.2. The zero-order valence-electron chi connectivity index (χ0n) is 17.9. The summed E-state index contributed by atoms with van der Waals surface area (Å²) in [6.07, 6.45) is -1.03. The normalized spacial score (nSPS) is 15.3. The smallest absolute Gasteiger partial charge is 0.422 e. The van der Waals surface area contributed by atoms with E-state index in [4.69, 9.17) is 9.47 Å². The SMILES string of the molecule is CCNC(=NCc1ccc(C)cc1OCC(F)(F)F)NCC1(CCOCC)CC1.I. The van der Waals surface area contributed by atoms with Crippen molar-refractivity contribution in [3.63, 3.8) is 0 Å². The Morgan fingerprint density at radius 1 is 1.20 bits per heavy atom. The van der Waals surface area contributed by atoms with Crippen molar-refractivity contribution in [3.8, 4) is 5.75 Å². The lowest BCUT2D eigenvalue weighted by molar-refractivity contribution is -0.153. The Morgan fingerprint density at radius 3 is 2.53 bits per heavy atom. The van der Waals surface area contributed by atoms with E-state index in [1.54, 1.807) is 12.1 Å². The van der Waals surface area contributed by atoms with Crippen molar-refractivity contribution in [1.82, 2.24) is 10.6 Å². The van der Waals surface area contributed by atoms with Crippen LogP contribution in [-0.2, 0) is 11.3 Å². The summed E-state index contributed by atoms with van der Waals surface area (Å²) in [5.41, 5.74) is 1.72. The van der Waals surface area contributed by atoms with Crippen LogP contribution in [0.1, 0.15) is 44.2 Å². The second kappa shape index (κ2) is 12.6. The number of halogens is 4. The summed E-state index contributed by atoms with van der Waals surface area (Å²) < 4.78 is 48.1. The van der Waals surface area contributed by atoms with Crippen molar-refractivity contribution in [3.05, 3.63) is 29.3 Å². The molecule has 0 radical (unpaired) electrons. The second-order valence-electron chi connectivity index (χ2n) is 7.51. The van der Waals surface area contributed by atoms with Gasteiger partial charge in [-0.1, -0.05) is 12.1 Å². The number of hydrogen-bond donors (Lipinski definition) is 2. The molecule has 9 heteroatoms. The van der Waals surface area contributed by atoms with Crippen molar-refractivity contribution in [2.45, 2.75) is 52.8 Å². The Kier molecular flexibility index (Phi) is 11.2. The summed E-state index contributed by atoms with van der Waals surface area (Å²) in [7, 11) is 0. The summed E-state index contributed by atoms with van der Waals surface area (Å²) >= 11 is 0. The fraction of sp³-hybridized carbons (Fsp3) is 0.667. The number of aryl methyl sites for hydroxylation is 1. The van der Waals surface area contributed by atoms with Gasteiger partial charge in [-0.15, -0.1) is 24.0 Å². The number of aliphatic imine (C=N–C) groups is 1. The van der Waals surface area contributed by atoms with E-state index < -0.39 is 12.8 Å². The van der Waals surface area contributed by atoms with Gasteiger partial charge in [0.25, 0.3) is 0 Å². The minimum Gasteiger partial charge on any atom is -0.484 e. The highest BCUT2D eigenvalue weighted by molar-refractivity contribution is 14.0. The quantitative estimate of drug-likeness (QED) is 0.182. The molecule has 1 aromatic carbocycles. The van der Waals surface area contributed by atoms with Gasteiger partial charge in [-0.05, 0) is 57.1 Å². The largest absolute Gasteiger partial charge is 0.484 e. The number of guanidine groups is 1. The topological polar surface area (TPSA) is 54.9 Å². The molecule has 0 unspecified atom stereocenters. The van der Waals surface area contributed by atoms with E-state index in [1.165, 1.54) is 12.8 Å². The maximum atomic E-state index is 12.5. The fourth-order valence-corrected chi connectivity index (χ4v) is 2.99. The molecule has 1 aliphatic rings. The van der Waals surface area contributed by atoms with Crippen LogP contribution in [0, 0.1) is 12.3 Å². The van der Waals surface area contributed by atoms with E-state index in [0.717, 1.165) is 31.7 Å². The molecule has 0 aliphatic heterocycles. The predicted octanol–water partition coefficient (Wildman–Crippen LogP) is 4.82. The fourth-order valence-electron chi connectivity index (χ4n) is 2.99. The van der Waals surface area contributed by atoms with Crippen LogP contribution < -0.4 is 15.4 Å². The van der Waals surface area contributed by atoms with Gasteiger partial charge in [0.15, 0.2) is 12.6 Å². The van der Waals surface area contributed by atoms with Crippen LogP contribution in [0.15, 0.2) is 23.2 Å². The standard InChI is InChI=1S/C21H32F3N3O2.HI/c1-4-25-19(27-14-20(8-9-20)10-11-28-5-2)26-13-17-7-6-16(3)12-18(17)29-15-21(22,23)24;/h6-7,12H,4-5,8-11,13-15H2,1-3H3,(H2,25,26,27);1H. The molecule has 30 heavy (non-hydrogen) atoms. The molecule has 0 atom stereocenters. The first kappa shape index (κ1) is 26.8. The zero-order chi connectivity index (χ0) is 21.3. The molecule has 172 valence electrons. The van der Waals surface area contributed by atoms with E-state index in [-0.39, 0.29) is 41.7 Å². The van der Waals surface area contributed by atoms with Crippen LogP contribution in [0.5, 0.6) is 5.75 Å². The number of ether oxygens (including phenoxy) is 2. The third-order valence-corrected chi connectivity index (χ3v) is 4.93. The number of nitrogens with one attached hydrogen (secondary N) is 2. The number of alkyl halides is 3. The van der Waals surface area contributed by atoms with Crippen LogP contribution in [0.2, 0.25) is 0 Å². The van der Waals surface area contributed by atoms with Gasteiger partial charge >= 0.3 is 6.18 Å². The molecule has 1 aliphatic carbocycles. The van der Waals surface area contributed by atoms with Gasteiger partial charge in [0.05, 0.1) is 6.54 Å². The average molecular weight is 543 g/mol. The monoisotopic (exact) mass is 543 g/mol. The summed E-state index contributed by atoms with van der Waals surface area (Å²) in [5, 5.41) is 6.56. The van der Waals surface area contributed by atoms with Crippen molar-refractivity contribution >= 4 is 29.9 Å². The lowest BCUT2D eigenvalue weighted by Crippen LogP contribution is -2.40. The van der Waals surface area contributed by atoms with Gasteiger partial charge in [0, 0.05) is 31.9 Å². The highest BCUT2D eigenvalue weighted by atomic mass is 127. The van der Waals surface area contributed by atoms with Gasteiger partial charge in [0.2, 0.25) is 0 Å².